The van der Waals surface area contributed by atoms with E-state index in [1.165, 1.54) is 37.9 Å². The summed E-state index contributed by atoms with van der Waals surface area (Å²) in [4.78, 5) is 38.6. The molecule has 3 N–H and O–H groups in total. The lowest BCUT2D eigenvalue weighted by Crippen LogP contribution is -2.50. The Balaban J connectivity index is 0.000000765. The lowest BCUT2D eigenvalue weighted by Gasteiger charge is -2.39. The molecule has 1 unspecified atom stereocenters. The summed E-state index contributed by atoms with van der Waals surface area (Å²) in [5.41, 5.74) is 1.97. The highest BCUT2D eigenvalue weighted by molar-refractivity contribution is 6.27. The van der Waals surface area contributed by atoms with Gasteiger partial charge in [-0.25, -0.2) is 18.8 Å². The van der Waals surface area contributed by atoms with Crippen molar-refractivity contribution in [1.82, 2.24) is 20.0 Å². The third-order valence-corrected chi connectivity index (χ3v) is 7.90. The highest BCUT2D eigenvalue weighted by Crippen LogP contribution is 2.23. The number of carbonyl (C=O) groups is 3. The van der Waals surface area contributed by atoms with Crippen LogP contribution in [0.1, 0.15) is 57.1 Å². The summed E-state index contributed by atoms with van der Waals surface area (Å²) in [5, 5.41) is 17.9. The summed E-state index contributed by atoms with van der Waals surface area (Å²) in [6.45, 7) is 9.29. The average Bonchev–Trinajstić information content (AvgIpc) is 3.40. The Morgan fingerprint density at radius 1 is 0.953 bits per heavy atom. The Morgan fingerprint density at radius 2 is 1.56 bits per heavy atom. The molecule has 2 aliphatic heterocycles. The molecule has 0 aromatic heterocycles. The van der Waals surface area contributed by atoms with Gasteiger partial charge in [0.2, 0.25) is 0 Å². The van der Waals surface area contributed by atoms with Gasteiger partial charge in [-0.05, 0) is 101 Å². The van der Waals surface area contributed by atoms with Gasteiger partial charge in [0.25, 0.3) is 0 Å². The van der Waals surface area contributed by atoms with Crippen molar-refractivity contribution >= 4 is 18.0 Å². The summed E-state index contributed by atoms with van der Waals surface area (Å²) in [7, 11) is 2.24. The molecular weight excluding hydrogens is 555 g/mol. The van der Waals surface area contributed by atoms with Gasteiger partial charge in [0, 0.05) is 38.3 Å². The zero-order chi connectivity index (χ0) is 31.4. The zero-order valence-corrected chi connectivity index (χ0v) is 25.4. The Kier molecular flexibility index (Phi) is 13.2. The molecule has 2 aliphatic rings. The Hall–Kier alpha value is -3.70. The smallest absolute Gasteiger partial charge is 0.414 e. The van der Waals surface area contributed by atoms with Crippen LogP contribution in [0.15, 0.2) is 48.5 Å². The Morgan fingerprint density at radius 3 is 2.09 bits per heavy atom. The van der Waals surface area contributed by atoms with E-state index in [1.54, 1.807) is 12.1 Å². The van der Waals surface area contributed by atoms with Crippen molar-refractivity contribution in [3.8, 4) is 5.75 Å². The molecule has 2 saturated heterocycles. The second-order valence-corrected chi connectivity index (χ2v) is 11.5. The first kappa shape index (κ1) is 33.8. The first-order valence-corrected chi connectivity index (χ1v) is 14.9. The molecular formula is C32H45FN4O6. The van der Waals surface area contributed by atoms with Crippen LogP contribution in [0.2, 0.25) is 0 Å². The third kappa shape index (κ3) is 11.5. The van der Waals surface area contributed by atoms with E-state index in [-0.39, 0.29) is 24.0 Å². The fraction of sp³-hybridized carbons (Fsp3) is 0.531. The van der Waals surface area contributed by atoms with E-state index in [9.17, 15) is 9.18 Å². The number of ether oxygens (including phenoxy) is 1. The minimum absolute atomic E-state index is 0.0714. The van der Waals surface area contributed by atoms with Crippen LogP contribution in [0.3, 0.4) is 0 Å². The highest BCUT2D eigenvalue weighted by Gasteiger charge is 2.29. The summed E-state index contributed by atoms with van der Waals surface area (Å²) in [6.07, 6.45) is 5.88. The van der Waals surface area contributed by atoms with Gasteiger partial charge < -0.3 is 35.0 Å². The number of hydrogen-bond acceptors (Lipinski definition) is 6. The second kappa shape index (κ2) is 16.8. The van der Waals surface area contributed by atoms with Crippen molar-refractivity contribution in [2.24, 2.45) is 0 Å². The molecule has 2 aromatic rings. The first-order valence-electron chi connectivity index (χ1n) is 14.9. The molecule has 236 valence electrons. The van der Waals surface area contributed by atoms with Crippen molar-refractivity contribution < 1.29 is 33.7 Å². The minimum atomic E-state index is -1.82. The predicted molar refractivity (Wildman–Crippen MR) is 161 cm³/mol. The van der Waals surface area contributed by atoms with Crippen LogP contribution in [0.5, 0.6) is 5.75 Å². The molecule has 1 atom stereocenters. The summed E-state index contributed by atoms with van der Waals surface area (Å²) in [6, 6.07) is 15.1. The Bertz CT molecular complexity index is 1160. The van der Waals surface area contributed by atoms with Gasteiger partial charge in [0.15, 0.2) is 0 Å². The van der Waals surface area contributed by atoms with E-state index in [4.69, 9.17) is 24.5 Å². The van der Waals surface area contributed by atoms with Gasteiger partial charge in [-0.1, -0.05) is 24.3 Å². The number of amides is 2. The van der Waals surface area contributed by atoms with Crippen molar-refractivity contribution in [3.63, 3.8) is 0 Å². The lowest BCUT2D eigenvalue weighted by atomic mass is 10.0. The lowest BCUT2D eigenvalue weighted by molar-refractivity contribution is -0.159. The van der Waals surface area contributed by atoms with E-state index < -0.39 is 11.9 Å². The SMILES string of the molecule is CC(C)Oc1ccc(CNC(=O)N(Cc2ccc(F)cc2)C2CCN(CCC3CCCN3C)CC2)cc1.O=C(O)C(=O)O. The van der Waals surface area contributed by atoms with Gasteiger partial charge in [-0.2, -0.15) is 0 Å². The number of benzene rings is 2. The Labute approximate surface area is 253 Å². The molecule has 2 amide bonds. The van der Waals surface area contributed by atoms with Gasteiger partial charge in [-0.15, -0.1) is 0 Å². The fourth-order valence-corrected chi connectivity index (χ4v) is 5.52. The molecule has 4 rings (SSSR count). The third-order valence-electron chi connectivity index (χ3n) is 7.90. The van der Waals surface area contributed by atoms with Gasteiger partial charge in [0.1, 0.15) is 11.6 Å². The molecule has 0 spiro atoms. The zero-order valence-electron chi connectivity index (χ0n) is 25.4. The number of carboxylic acids is 2. The number of halogens is 1. The van der Waals surface area contributed by atoms with Crippen LogP contribution in [0.25, 0.3) is 0 Å². The number of urea groups is 1. The topological polar surface area (TPSA) is 123 Å². The van der Waals surface area contributed by atoms with Crippen LogP contribution in [-0.4, -0.2) is 94.3 Å². The maximum atomic E-state index is 13.5. The van der Waals surface area contributed by atoms with Crippen molar-refractivity contribution in [2.45, 2.75) is 77.2 Å². The molecule has 2 heterocycles. The van der Waals surface area contributed by atoms with Crippen molar-refractivity contribution in [1.29, 1.82) is 0 Å². The molecule has 0 bridgehead atoms. The number of likely N-dealkylation sites (tertiary alicyclic amines) is 2. The second-order valence-electron chi connectivity index (χ2n) is 11.5. The first-order chi connectivity index (χ1) is 20.5. The highest BCUT2D eigenvalue weighted by atomic mass is 19.1. The van der Waals surface area contributed by atoms with E-state index in [2.05, 4.69) is 22.2 Å². The number of aliphatic carboxylic acids is 2. The van der Waals surface area contributed by atoms with Crippen LogP contribution >= 0.6 is 0 Å². The molecule has 2 aromatic carbocycles. The predicted octanol–water partition coefficient (Wildman–Crippen LogP) is 4.43. The van der Waals surface area contributed by atoms with Gasteiger partial charge in [0.05, 0.1) is 6.10 Å². The number of nitrogens with one attached hydrogen (secondary N) is 1. The number of hydrogen-bond donors (Lipinski definition) is 3. The minimum Gasteiger partial charge on any atom is -0.491 e. The monoisotopic (exact) mass is 600 g/mol. The molecule has 0 radical (unpaired) electrons. The number of carbonyl (C=O) groups excluding carboxylic acids is 1. The van der Waals surface area contributed by atoms with E-state index in [1.807, 2.05) is 43.0 Å². The summed E-state index contributed by atoms with van der Waals surface area (Å²) in [5.74, 6) is -3.08. The largest absolute Gasteiger partial charge is 0.491 e. The van der Waals surface area contributed by atoms with Crippen molar-refractivity contribution in [2.75, 3.05) is 33.2 Å². The molecule has 2 fully saturated rings. The maximum Gasteiger partial charge on any atom is 0.414 e. The van der Waals surface area contributed by atoms with Crippen LogP contribution < -0.4 is 10.1 Å². The summed E-state index contributed by atoms with van der Waals surface area (Å²) >= 11 is 0. The van der Waals surface area contributed by atoms with E-state index >= 15 is 0 Å². The van der Waals surface area contributed by atoms with E-state index in [0.29, 0.717) is 19.1 Å². The normalized spacial score (nSPS) is 17.7. The number of carboxylic acid groups (broad SMARTS) is 2. The molecule has 0 aliphatic carbocycles. The summed E-state index contributed by atoms with van der Waals surface area (Å²) < 4.78 is 19.2. The number of piperidine rings is 1. The molecule has 10 nitrogen and oxygen atoms in total. The average molecular weight is 601 g/mol. The number of nitrogens with zero attached hydrogens (tertiary/aromatic N) is 3. The van der Waals surface area contributed by atoms with Crippen LogP contribution in [0, 0.1) is 5.82 Å². The fourth-order valence-electron chi connectivity index (χ4n) is 5.52. The van der Waals surface area contributed by atoms with Crippen LogP contribution in [0.4, 0.5) is 9.18 Å². The number of rotatable bonds is 10. The standard InChI is InChI=1S/C30H43FN4O2.C2H2O4/c1-23(2)37-29-12-8-24(9-13-29)21-32-30(36)35(22-25-6-10-26(31)11-7-25)28-15-19-34(20-16-28)18-14-27-5-4-17-33(27)3;3-1(4)2(5)6/h6-13,23,27-28H,4-5,14-22H2,1-3H3,(H,32,36);(H,3,4)(H,5,6). The van der Waals surface area contributed by atoms with Crippen LogP contribution in [-0.2, 0) is 22.7 Å². The maximum absolute atomic E-state index is 13.5. The molecule has 43 heavy (non-hydrogen) atoms. The molecule has 11 heteroatoms. The molecule has 0 saturated carbocycles. The van der Waals surface area contributed by atoms with Gasteiger partial charge in [-0.3, -0.25) is 0 Å². The quantitative estimate of drug-likeness (QED) is 0.343. The van der Waals surface area contributed by atoms with E-state index in [0.717, 1.165) is 49.4 Å². The van der Waals surface area contributed by atoms with Gasteiger partial charge >= 0.3 is 18.0 Å². The van der Waals surface area contributed by atoms with Crippen molar-refractivity contribution in [3.05, 3.63) is 65.5 Å².